The highest BCUT2D eigenvalue weighted by molar-refractivity contribution is 5.72. The summed E-state index contributed by atoms with van der Waals surface area (Å²) >= 11 is 0. The van der Waals surface area contributed by atoms with Crippen LogP contribution in [0.25, 0.3) is 0 Å². The van der Waals surface area contributed by atoms with Crippen LogP contribution in [0.4, 0.5) is 0 Å². The van der Waals surface area contributed by atoms with E-state index in [2.05, 4.69) is 33.8 Å². The molecule has 0 N–H and O–H groups in total. The van der Waals surface area contributed by atoms with Crippen LogP contribution in [0.3, 0.4) is 0 Å². The number of fused-ring (bicyclic) bond motifs is 5. The van der Waals surface area contributed by atoms with Gasteiger partial charge < -0.3 is 9.47 Å². The maximum atomic E-state index is 12.3. The van der Waals surface area contributed by atoms with Gasteiger partial charge in [0.2, 0.25) is 0 Å². The molecule has 0 spiro atoms. The molecule has 4 rings (SSSR count). The molecule has 168 valence electrons. The lowest BCUT2D eigenvalue weighted by molar-refractivity contribution is -0.155. The Labute approximate surface area is 182 Å². The molecule has 4 aliphatic rings. The molecule has 30 heavy (non-hydrogen) atoms. The number of hydrogen-bond acceptors (Lipinski definition) is 4. The van der Waals surface area contributed by atoms with Crippen molar-refractivity contribution in [2.24, 2.45) is 39.9 Å². The van der Waals surface area contributed by atoms with Crippen LogP contribution in [0.15, 0.2) is 11.6 Å². The van der Waals surface area contributed by atoms with Crippen molar-refractivity contribution in [3.05, 3.63) is 11.6 Å². The predicted molar refractivity (Wildman–Crippen MR) is 117 cm³/mol. The first-order valence-electron chi connectivity index (χ1n) is 12.0. The van der Waals surface area contributed by atoms with Gasteiger partial charge in [0.25, 0.3) is 0 Å². The van der Waals surface area contributed by atoms with E-state index in [4.69, 9.17) is 9.47 Å². The van der Waals surface area contributed by atoms with Crippen molar-refractivity contribution >= 4 is 11.9 Å². The molecule has 0 aromatic carbocycles. The third-order valence-corrected chi connectivity index (χ3v) is 10.3. The van der Waals surface area contributed by atoms with E-state index >= 15 is 0 Å². The van der Waals surface area contributed by atoms with Crippen LogP contribution in [0, 0.1) is 39.9 Å². The van der Waals surface area contributed by atoms with Gasteiger partial charge in [-0.3, -0.25) is 9.59 Å². The Morgan fingerprint density at radius 1 is 1.10 bits per heavy atom. The Hall–Kier alpha value is -1.32. The molecule has 0 radical (unpaired) electrons. The summed E-state index contributed by atoms with van der Waals surface area (Å²) in [5.41, 5.74) is 2.27. The Morgan fingerprint density at radius 2 is 1.83 bits per heavy atom. The highest BCUT2D eigenvalue weighted by Gasteiger charge is 2.61. The summed E-state index contributed by atoms with van der Waals surface area (Å²) in [6.07, 6.45) is 11.6. The molecule has 8 atom stereocenters. The second-order valence-electron chi connectivity index (χ2n) is 11.5. The first kappa shape index (κ1) is 21.9. The first-order valence-corrected chi connectivity index (χ1v) is 12.0. The van der Waals surface area contributed by atoms with Crippen LogP contribution >= 0.6 is 0 Å². The third-order valence-electron chi connectivity index (χ3n) is 10.3. The van der Waals surface area contributed by atoms with Crippen molar-refractivity contribution in [2.75, 3.05) is 7.11 Å². The molecule has 4 heteroatoms. The molecule has 4 aliphatic carbocycles. The van der Waals surface area contributed by atoms with Gasteiger partial charge in [-0.2, -0.15) is 0 Å². The number of allylic oxidation sites excluding steroid dienone is 2. The summed E-state index contributed by atoms with van der Waals surface area (Å²) in [5.74, 6) is 1.50. The lowest BCUT2D eigenvalue weighted by atomic mass is 9.43. The van der Waals surface area contributed by atoms with Gasteiger partial charge in [0.1, 0.15) is 6.10 Å². The van der Waals surface area contributed by atoms with Gasteiger partial charge >= 0.3 is 11.9 Å². The van der Waals surface area contributed by atoms with Gasteiger partial charge in [-0.05, 0) is 85.4 Å². The standard InChI is InChI=1S/C26H40O4/c1-16(23(28)29-6)20-7-8-21-19-10-12-24(3)15-18(30-17(2)27)9-14-26(24,5)22(19)11-13-25(20,21)4/h11,16,18-21H,7-10,12-15H2,1-6H3/t16-,18+,19?,20+,21?,24+,25+,26+/m0/s1. The fourth-order valence-corrected chi connectivity index (χ4v) is 8.38. The van der Waals surface area contributed by atoms with Crippen molar-refractivity contribution in [1.29, 1.82) is 0 Å². The maximum Gasteiger partial charge on any atom is 0.308 e. The quantitative estimate of drug-likeness (QED) is 0.438. The number of methoxy groups -OCH3 is 1. The third kappa shape index (κ3) is 3.07. The predicted octanol–water partition coefficient (Wildman–Crippen LogP) is 5.70. The average Bonchev–Trinajstić information content (AvgIpc) is 3.04. The molecule has 0 bridgehead atoms. The van der Waals surface area contributed by atoms with Crippen molar-refractivity contribution in [1.82, 2.24) is 0 Å². The summed E-state index contributed by atoms with van der Waals surface area (Å²) in [4.78, 5) is 23.8. The van der Waals surface area contributed by atoms with Gasteiger partial charge in [-0.1, -0.05) is 39.3 Å². The Balaban J connectivity index is 1.61. The van der Waals surface area contributed by atoms with Crippen LogP contribution in [0.2, 0.25) is 0 Å². The van der Waals surface area contributed by atoms with E-state index in [0.29, 0.717) is 17.8 Å². The number of carbonyl (C=O) groups is 2. The zero-order valence-electron chi connectivity index (χ0n) is 19.8. The topological polar surface area (TPSA) is 52.6 Å². The number of hydrogen-bond donors (Lipinski definition) is 0. The van der Waals surface area contributed by atoms with Gasteiger partial charge in [0.05, 0.1) is 13.0 Å². The van der Waals surface area contributed by atoms with Gasteiger partial charge in [-0.25, -0.2) is 0 Å². The van der Waals surface area contributed by atoms with Gasteiger partial charge in [0.15, 0.2) is 0 Å². The van der Waals surface area contributed by atoms with Crippen LogP contribution in [0.1, 0.15) is 86.0 Å². The lowest BCUT2D eigenvalue weighted by Gasteiger charge is -2.61. The Morgan fingerprint density at radius 3 is 2.50 bits per heavy atom. The zero-order chi connectivity index (χ0) is 21.9. The van der Waals surface area contributed by atoms with Crippen molar-refractivity contribution in [2.45, 2.75) is 92.1 Å². The molecular weight excluding hydrogens is 376 g/mol. The minimum absolute atomic E-state index is 0.0245. The molecule has 4 nitrogen and oxygen atoms in total. The zero-order valence-corrected chi connectivity index (χ0v) is 19.8. The summed E-state index contributed by atoms with van der Waals surface area (Å²) in [6, 6.07) is 0. The summed E-state index contributed by atoms with van der Waals surface area (Å²) in [7, 11) is 1.52. The average molecular weight is 417 g/mol. The summed E-state index contributed by atoms with van der Waals surface area (Å²) in [5, 5.41) is 0. The molecule has 0 saturated heterocycles. The van der Waals surface area contributed by atoms with E-state index in [1.807, 2.05) is 0 Å². The second-order valence-corrected chi connectivity index (χ2v) is 11.5. The minimum atomic E-state index is -0.148. The fourth-order valence-electron chi connectivity index (χ4n) is 8.38. The lowest BCUT2D eigenvalue weighted by Crippen LogP contribution is -2.54. The molecule has 0 heterocycles. The van der Waals surface area contributed by atoms with Crippen LogP contribution in [-0.2, 0) is 19.1 Å². The molecular formula is C26H40O4. The highest BCUT2D eigenvalue weighted by Crippen LogP contribution is 2.69. The van der Waals surface area contributed by atoms with Crippen molar-refractivity contribution in [3.8, 4) is 0 Å². The Bertz CT molecular complexity index is 756. The van der Waals surface area contributed by atoms with Crippen LogP contribution in [-0.4, -0.2) is 25.2 Å². The smallest absolute Gasteiger partial charge is 0.308 e. The fraction of sp³-hybridized carbons (Fsp3) is 0.846. The van der Waals surface area contributed by atoms with E-state index in [1.165, 1.54) is 33.3 Å². The molecule has 0 aromatic heterocycles. The van der Waals surface area contributed by atoms with Crippen molar-refractivity contribution < 1.29 is 19.1 Å². The SMILES string of the molecule is COC(=O)[C@@H](C)[C@H]1CCC2C3CC[C@]4(C)C[C@H](OC(C)=O)CC[C@]4(C)C3=CC[C@@]21C. The van der Waals surface area contributed by atoms with E-state index in [9.17, 15) is 9.59 Å². The molecule has 0 amide bonds. The minimum Gasteiger partial charge on any atom is -0.469 e. The maximum absolute atomic E-state index is 12.3. The highest BCUT2D eigenvalue weighted by atomic mass is 16.5. The largest absolute Gasteiger partial charge is 0.469 e. The van der Waals surface area contributed by atoms with E-state index in [0.717, 1.165) is 32.1 Å². The van der Waals surface area contributed by atoms with E-state index in [1.54, 1.807) is 5.57 Å². The normalized spacial score (nSPS) is 46.0. The molecule has 0 aliphatic heterocycles. The molecule has 3 fully saturated rings. The molecule has 2 unspecified atom stereocenters. The van der Waals surface area contributed by atoms with Gasteiger partial charge in [0, 0.05) is 6.92 Å². The van der Waals surface area contributed by atoms with Crippen LogP contribution in [0.5, 0.6) is 0 Å². The molecule has 3 saturated carbocycles. The number of ether oxygens (including phenoxy) is 2. The first-order chi connectivity index (χ1) is 14.1. The summed E-state index contributed by atoms with van der Waals surface area (Å²) < 4.78 is 10.7. The van der Waals surface area contributed by atoms with E-state index < -0.39 is 0 Å². The second kappa shape index (κ2) is 7.38. The Kier molecular flexibility index (Phi) is 5.38. The van der Waals surface area contributed by atoms with Gasteiger partial charge in [-0.15, -0.1) is 0 Å². The monoisotopic (exact) mass is 416 g/mol. The number of rotatable bonds is 3. The van der Waals surface area contributed by atoms with Crippen LogP contribution < -0.4 is 0 Å². The summed E-state index contributed by atoms with van der Waals surface area (Å²) in [6.45, 7) is 11.0. The number of carbonyl (C=O) groups excluding carboxylic acids is 2. The van der Waals surface area contributed by atoms with E-state index in [-0.39, 0.29) is 40.2 Å². The van der Waals surface area contributed by atoms with Crippen molar-refractivity contribution in [3.63, 3.8) is 0 Å². The number of esters is 2. The molecule has 0 aromatic rings.